The topological polar surface area (TPSA) is 91.2 Å². The van der Waals surface area contributed by atoms with Gasteiger partial charge in [-0.2, -0.15) is 0 Å². The molecule has 0 radical (unpaired) electrons. The van der Waals surface area contributed by atoms with Gasteiger partial charge in [0.1, 0.15) is 5.82 Å². The number of halogens is 1. The highest BCUT2D eigenvalue weighted by Gasteiger charge is 2.14. The molecule has 124 valence electrons. The standard InChI is InChI=1S/C15H17FN2O4S/c1-18-12(4-5-13(18)10-15(19)20)8-9-17-23(21,22)14-6-2-11(16)3-7-14/h2-7,17H,8-10H2,1H3,(H,19,20)/p-1. The summed E-state index contributed by atoms with van der Waals surface area (Å²) in [6, 6.07) is 7.95. The normalized spacial score (nSPS) is 11.6. The quantitative estimate of drug-likeness (QED) is 0.767. The molecule has 8 heteroatoms. The third kappa shape index (κ3) is 4.40. The number of carbonyl (C=O) groups is 1. The summed E-state index contributed by atoms with van der Waals surface area (Å²) in [5.41, 5.74) is 1.38. The van der Waals surface area contributed by atoms with Crippen LogP contribution in [-0.4, -0.2) is 25.5 Å². The predicted molar refractivity (Wildman–Crippen MR) is 79.4 cm³/mol. The molecule has 0 saturated carbocycles. The van der Waals surface area contributed by atoms with Crippen molar-refractivity contribution in [3.05, 3.63) is 53.6 Å². The summed E-state index contributed by atoms with van der Waals surface area (Å²) in [5, 5.41) is 10.6. The molecule has 0 bridgehead atoms. The van der Waals surface area contributed by atoms with Gasteiger partial charge in [-0.15, -0.1) is 0 Å². The Morgan fingerprint density at radius 2 is 1.78 bits per heavy atom. The molecular weight excluding hydrogens is 323 g/mol. The largest absolute Gasteiger partial charge is 0.550 e. The number of nitrogens with one attached hydrogen (secondary N) is 1. The number of sulfonamides is 1. The Kier molecular flexibility index (Phi) is 5.17. The first-order valence-electron chi connectivity index (χ1n) is 6.88. The van der Waals surface area contributed by atoms with E-state index >= 15 is 0 Å². The van der Waals surface area contributed by atoms with E-state index in [0.29, 0.717) is 12.1 Å². The average molecular weight is 339 g/mol. The minimum atomic E-state index is -3.70. The first kappa shape index (κ1) is 17.2. The number of hydrogen-bond acceptors (Lipinski definition) is 4. The van der Waals surface area contributed by atoms with Gasteiger partial charge in [0.2, 0.25) is 10.0 Å². The molecule has 1 N–H and O–H groups in total. The Balaban J connectivity index is 1.98. The summed E-state index contributed by atoms with van der Waals surface area (Å²) < 4.78 is 41.0. The third-order valence-corrected chi connectivity index (χ3v) is 4.93. The maximum absolute atomic E-state index is 12.8. The molecule has 23 heavy (non-hydrogen) atoms. The van der Waals surface area contributed by atoms with Gasteiger partial charge >= 0.3 is 0 Å². The van der Waals surface area contributed by atoms with Gasteiger partial charge in [0, 0.05) is 43.8 Å². The van der Waals surface area contributed by atoms with Crippen LogP contribution in [0.25, 0.3) is 0 Å². The van der Waals surface area contributed by atoms with Gasteiger partial charge in [-0.05, 0) is 36.4 Å². The van der Waals surface area contributed by atoms with Crippen LogP contribution in [0.2, 0.25) is 0 Å². The Morgan fingerprint density at radius 1 is 1.17 bits per heavy atom. The molecule has 1 heterocycles. The van der Waals surface area contributed by atoms with Crippen molar-refractivity contribution in [2.24, 2.45) is 7.05 Å². The van der Waals surface area contributed by atoms with Crippen LogP contribution < -0.4 is 9.83 Å². The lowest BCUT2D eigenvalue weighted by Gasteiger charge is -2.10. The van der Waals surface area contributed by atoms with Gasteiger partial charge in [-0.25, -0.2) is 17.5 Å². The molecule has 0 atom stereocenters. The van der Waals surface area contributed by atoms with Gasteiger partial charge < -0.3 is 14.5 Å². The van der Waals surface area contributed by atoms with E-state index in [4.69, 9.17) is 0 Å². The zero-order valence-corrected chi connectivity index (χ0v) is 13.3. The monoisotopic (exact) mass is 339 g/mol. The summed E-state index contributed by atoms with van der Waals surface area (Å²) in [7, 11) is -1.99. The van der Waals surface area contributed by atoms with Crippen LogP contribution in [0.4, 0.5) is 4.39 Å². The van der Waals surface area contributed by atoms with Gasteiger partial charge in [-0.1, -0.05) is 0 Å². The third-order valence-electron chi connectivity index (χ3n) is 3.45. The second-order valence-electron chi connectivity index (χ2n) is 5.03. The summed E-state index contributed by atoms with van der Waals surface area (Å²) in [6.45, 7) is 0.141. The lowest BCUT2D eigenvalue weighted by Crippen LogP contribution is -2.27. The van der Waals surface area contributed by atoms with Crippen LogP contribution in [0.3, 0.4) is 0 Å². The van der Waals surface area contributed by atoms with E-state index in [9.17, 15) is 22.7 Å². The smallest absolute Gasteiger partial charge is 0.240 e. The molecule has 2 aromatic rings. The van der Waals surface area contributed by atoms with Crippen LogP contribution in [0.15, 0.2) is 41.3 Å². The Hall–Kier alpha value is -2.19. The van der Waals surface area contributed by atoms with Crippen molar-refractivity contribution in [1.29, 1.82) is 0 Å². The van der Waals surface area contributed by atoms with Crippen molar-refractivity contribution in [2.75, 3.05) is 6.54 Å². The fourth-order valence-corrected chi connectivity index (χ4v) is 3.22. The maximum atomic E-state index is 12.8. The molecule has 0 unspecified atom stereocenters. The number of aromatic nitrogens is 1. The van der Waals surface area contributed by atoms with Crippen molar-refractivity contribution in [1.82, 2.24) is 9.29 Å². The molecule has 6 nitrogen and oxygen atoms in total. The van der Waals surface area contributed by atoms with Gasteiger partial charge in [-0.3, -0.25) is 0 Å². The Morgan fingerprint density at radius 3 is 2.39 bits per heavy atom. The number of carbonyl (C=O) groups excluding carboxylic acids is 1. The molecule has 0 aliphatic carbocycles. The zero-order chi connectivity index (χ0) is 17.0. The Labute approximate surface area is 133 Å². The number of rotatable bonds is 7. The SMILES string of the molecule is Cn1c(CCNS(=O)(=O)c2ccc(F)cc2)ccc1CC(=O)[O-]. The van der Waals surface area contributed by atoms with E-state index in [1.807, 2.05) is 0 Å². The fourth-order valence-electron chi connectivity index (χ4n) is 2.19. The van der Waals surface area contributed by atoms with Crippen molar-refractivity contribution in [3.63, 3.8) is 0 Å². The molecule has 0 fully saturated rings. The lowest BCUT2D eigenvalue weighted by molar-refractivity contribution is -0.304. The lowest BCUT2D eigenvalue weighted by atomic mass is 10.3. The second-order valence-corrected chi connectivity index (χ2v) is 6.79. The maximum Gasteiger partial charge on any atom is 0.240 e. The number of aliphatic carboxylic acids is 1. The first-order valence-corrected chi connectivity index (χ1v) is 8.36. The first-order chi connectivity index (χ1) is 10.8. The summed E-state index contributed by atoms with van der Waals surface area (Å²) in [4.78, 5) is 10.6. The van der Waals surface area contributed by atoms with E-state index in [1.54, 1.807) is 23.7 Å². The van der Waals surface area contributed by atoms with Gasteiger partial charge in [0.05, 0.1) is 4.90 Å². The highest BCUT2D eigenvalue weighted by atomic mass is 32.2. The van der Waals surface area contributed by atoms with Crippen molar-refractivity contribution in [3.8, 4) is 0 Å². The van der Waals surface area contributed by atoms with E-state index in [-0.39, 0.29) is 17.9 Å². The predicted octanol–water partition coefficient (Wildman–Crippen LogP) is -0.0224. The van der Waals surface area contributed by atoms with Crippen LogP contribution in [0.5, 0.6) is 0 Å². The van der Waals surface area contributed by atoms with Crippen molar-refractivity contribution < 1.29 is 22.7 Å². The van der Waals surface area contributed by atoms with Crippen LogP contribution >= 0.6 is 0 Å². The van der Waals surface area contributed by atoms with E-state index < -0.39 is 21.8 Å². The molecule has 0 amide bonds. The molecule has 1 aromatic carbocycles. The molecule has 1 aromatic heterocycles. The summed E-state index contributed by atoms with van der Waals surface area (Å²) in [5.74, 6) is -1.68. The molecule has 0 saturated heterocycles. The minimum Gasteiger partial charge on any atom is -0.550 e. The highest BCUT2D eigenvalue weighted by molar-refractivity contribution is 7.89. The number of carboxylic acid groups (broad SMARTS) is 1. The van der Waals surface area contributed by atoms with Gasteiger partial charge in [0.25, 0.3) is 0 Å². The second kappa shape index (κ2) is 6.93. The number of benzene rings is 1. The number of carboxylic acids is 1. The molecule has 0 aliphatic heterocycles. The Bertz CT molecular complexity index is 797. The van der Waals surface area contributed by atoms with Gasteiger partial charge in [0.15, 0.2) is 0 Å². The van der Waals surface area contributed by atoms with Crippen molar-refractivity contribution >= 4 is 16.0 Å². The van der Waals surface area contributed by atoms with Crippen LogP contribution in [0.1, 0.15) is 11.4 Å². The minimum absolute atomic E-state index is 0.0107. The van der Waals surface area contributed by atoms with E-state index in [0.717, 1.165) is 17.8 Å². The zero-order valence-electron chi connectivity index (χ0n) is 12.5. The van der Waals surface area contributed by atoms with E-state index in [2.05, 4.69) is 4.72 Å². The van der Waals surface area contributed by atoms with E-state index in [1.165, 1.54) is 12.1 Å². The fraction of sp³-hybridized carbons (Fsp3) is 0.267. The number of hydrogen-bond donors (Lipinski definition) is 1. The summed E-state index contributed by atoms with van der Waals surface area (Å²) in [6.07, 6.45) is 0.196. The van der Waals surface area contributed by atoms with Crippen LogP contribution in [0, 0.1) is 5.82 Å². The number of nitrogens with zero attached hydrogens (tertiary/aromatic N) is 1. The highest BCUT2D eigenvalue weighted by Crippen LogP contribution is 2.11. The summed E-state index contributed by atoms with van der Waals surface area (Å²) >= 11 is 0. The van der Waals surface area contributed by atoms with Crippen LogP contribution in [-0.2, 0) is 34.7 Å². The average Bonchev–Trinajstić information content (AvgIpc) is 2.80. The molecular formula is C15H16FN2O4S-. The molecule has 2 rings (SSSR count). The molecule has 0 spiro atoms. The van der Waals surface area contributed by atoms with Crippen molar-refractivity contribution in [2.45, 2.75) is 17.7 Å². The molecule has 0 aliphatic rings.